The number of aromatic amines is 1. The van der Waals surface area contributed by atoms with Gasteiger partial charge in [0.1, 0.15) is 11.4 Å². The summed E-state index contributed by atoms with van der Waals surface area (Å²) in [7, 11) is -1.96. The second-order valence-electron chi connectivity index (χ2n) is 9.69. The molecule has 8 nitrogen and oxygen atoms in total. The van der Waals surface area contributed by atoms with Crippen molar-refractivity contribution in [2.24, 2.45) is 0 Å². The number of aromatic nitrogens is 2. The summed E-state index contributed by atoms with van der Waals surface area (Å²) in [5.74, 6) is 0.786. The van der Waals surface area contributed by atoms with Crippen molar-refractivity contribution in [3.05, 3.63) is 83.2 Å². The molecule has 0 aliphatic carbocycles. The van der Waals surface area contributed by atoms with E-state index in [9.17, 15) is 8.42 Å². The normalized spacial score (nSPS) is 16.2. The molecule has 1 fully saturated rings. The van der Waals surface area contributed by atoms with Crippen molar-refractivity contribution in [3.8, 4) is 27.6 Å². The summed E-state index contributed by atoms with van der Waals surface area (Å²) < 4.78 is 36.5. The van der Waals surface area contributed by atoms with E-state index in [2.05, 4.69) is 32.0 Å². The van der Waals surface area contributed by atoms with Gasteiger partial charge in [0.25, 0.3) is 10.2 Å². The zero-order valence-corrected chi connectivity index (χ0v) is 24.0. The lowest BCUT2D eigenvalue weighted by Crippen LogP contribution is -2.45. The van der Waals surface area contributed by atoms with E-state index >= 15 is 0 Å². The highest BCUT2D eigenvalue weighted by Gasteiger charge is 2.32. The van der Waals surface area contributed by atoms with Crippen LogP contribution in [0.15, 0.2) is 72.1 Å². The molecular weight excluding hydrogens is 530 g/mol. The van der Waals surface area contributed by atoms with Crippen LogP contribution in [-0.4, -0.2) is 67.2 Å². The molecule has 10 heteroatoms. The lowest BCUT2D eigenvalue weighted by Gasteiger charge is -2.24. The molecule has 2 aromatic carbocycles. The minimum absolute atomic E-state index is 0.0568. The molecule has 5 rings (SSSR count). The predicted octanol–water partition coefficient (Wildman–Crippen LogP) is 4.79. The molecule has 1 saturated heterocycles. The Labute approximate surface area is 234 Å². The molecule has 3 heterocycles. The standard InChI is InChI=1S/C29H35N5O3S2/c1-3-37-25-12-7-11-23(19-25)28-26(29(32-31-28)27-13-8-18-38-27)14-16-30-39(35,36)33(2)24-15-17-34(21-24)20-22-9-5-4-6-10-22/h4-13,18-19,24,30H,3,14-17,20-21H2,1-2H3,(H,31,32)/t24-/m1/s1. The maximum absolute atomic E-state index is 13.3. The second-order valence-corrected chi connectivity index (χ2v) is 12.5. The first-order valence-electron chi connectivity index (χ1n) is 13.3. The maximum atomic E-state index is 13.3. The van der Waals surface area contributed by atoms with Crippen molar-refractivity contribution in [1.29, 1.82) is 0 Å². The Bertz CT molecular complexity index is 1460. The third-order valence-corrected chi connectivity index (χ3v) is 9.61. The van der Waals surface area contributed by atoms with Gasteiger partial charge in [0.15, 0.2) is 0 Å². The van der Waals surface area contributed by atoms with Gasteiger partial charge in [-0.2, -0.15) is 17.8 Å². The molecule has 1 atom stereocenters. The van der Waals surface area contributed by atoms with Crippen LogP contribution in [0.25, 0.3) is 21.8 Å². The molecule has 0 spiro atoms. The number of likely N-dealkylation sites (tertiary alicyclic amines) is 1. The highest BCUT2D eigenvalue weighted by molar-refractivity contribution is 7.87. The number of H-pyrrole nitrogens is 1. The Kier molecular flexibility index (Phi) is 8.79. The summed E-state index contributed by atoms with van der Waals surface area (Å²) >= 11 is 1.61. The van der Waals surface area contributed by atoms with Crippen LogP contribution in [-0.2, 0) is 23.2 Å². The number of ether oxygens (including phenoxy) is 1. The minimum atomic E-state index is -3.64. The monoisotopic (exact) mass is 565 g/mol. The number of thiophene rings is 1. The molecule has 4 aromatic rings. The van der Waals surface area contributed by atoms with Crippen molar-refractivity contribution in [1.82, 2.24) is 24.1 Å². The van der Waals surface area contributed by atoms with E-state index in [-0.39, 0.29) is 12.6 Å². The van der Waals surface area contributed by atoms with Crippen LogP contribution >= 0.6 is 11.3 Å². The van der Waals surface area contributed by atoms with Gasteiger partial charge >= 0.3 is 0 Å². The molecule has 39 heavy (non-hydrogen) atoms. The minimum Gasteiger partial charge on any atom is -0.494 e. The number of likely N-dealkylation sites (N-methyl/N-ethyl adjacent to an activating group) is 1. The van der Waals surface area contributed by atoms with E-state index in [1.54, 1.807) is 18.4 Å². The van der Waals surface area contributed by atoms with E-state index in [1.165, 1.54) is 9.87 Å². The summed E-state index contributed by atoms with van der Waals surface area (Å²) in [6.45, 7) is 5.24. The van der Waals surface area contributed by atoms with E-state index in [1.807, 2.05) is 66.9 Å². The van der Waals surface area contributed by atoms with Crippen LogP contribution in [0.4, 0.5) is 0 Å². The van der Waals surface area contributed by atoms with Crippen LogP contribution < -0.4 is 9.46 Å². The molecule has 0 radical (unpaired) electrons. The quantitative estimate of drug-likeness (QED) is 0.258. The molecule has 2 N–H and O–H groups in total. The first kappa shape index (κ1) is 27.5. The Morgan fingerprint density at radius 2 is 2.00 bits per heavy atom. The van der Waals surface area contributed by atoms with Crippen molar-refractivity contribution in [3.63, 3.8) is 0 Å². The lowest BCUT2D eigenvalue weighted by molar-refractivity contribution is 0.297. The molecule has 0 saturated carbocycles. The van der Waals surface area contributed by atoms with Gasteiger partial charge in [-0.3, -0.25) is 10.00 Å². The highest BCUT2D eigenvalue weighted by Crippen LogP contribution is 2.34. The van der Waals surface area contributed by atoms with Gasteiger partial charge in [0.05, 0.1) is 17.2 Å². The molecule has 0 bridgehead atoms. The fourth-order valence-electron chi connectivity index (χ4n) is 5.07. The fourth-order valence-corrected chi connectivity index (χ4v) is 6.94. The first-order valence-corrected chi connectivity index (χ1v) is 15.6. The Morgan fingerprint density at radius 3 is 2.77 bits per heavy atom. The number of hydrogen-bond donors (Lipinski definition) is 2. The Hall–Kier alpha value is -3.02. The molecular formula is C29H35N5O3S2. The molecule has 1 aliphatic heterocycles. The largest absolute Gasteiger partial charge is 0.494 e. The second kappa shape index (κ2) is 12.4. The van der Waals surface area contributed by atoms with Crippen LogP contribution in [0.5, 0.6) is 5.75 Å². The summed E-state index contributed by atoms with van der Waals surface area (Å²) in [4.78, 5) is 3.35. The van der Waals surface area contributed by atoms with Crippen molar-refractivity contribution in [2.75, 3.05) is 33.3 Å². The topological polar surface area (TPSA) is 90.6 Å². The maximum Gasteiger partial charge on any atom is 0.279 e. The predicted molar refractivity (Wildman–Crippen MR) is 157 cm³/mol. The van der Waals surface area contributed by atoms with Crippen LogP contribution in [0, 0.1) is 0 Å². The molecule has 2 aromatic heterocycles. The number of nitrogens with zero attached hydrogens (tertiary/aromatic N) is 3. The van der Waals surface area contributed by atoms with E-state index in [0.29, 0.717) is 13.0 Å². The average Bonchev–Trinajstić information content (AvgIpc) is 3.71. The van der Waals surface area contributed by atoms with Crippen LogP contribution in [0.1, 0.15) is 24.5 Å². The zero-order valence-electron chi connectivity index (χ0n) is 22.3. The van der Waals surface area contributed by atoms with Crippen LogP contribution in [0.2, 0.25) is 0 Å². The SMILES string of the molecule is CCOc1cccc(-c2[nH]nc(-c3cccs3)c2CCNS(=O)(=O)N(C)[C@@H]2CCN(Cc3ccccc3)C2)c1. The van der Waals surface area contributed by atoms with Crippen molar-refractivity contribution in [2.45, 2.75) is 32.4 Å². The third-order valence-electron chi connectivity index (χ3n) is 7.10. The smallest absolute Gasteiger partial charge is 0.279 e. The highest BCUT2D eigenvalue weighted by atomic mass is 32.2. The lowest BCUT2D eigenvalue weighted by atomic mass is 10.0. The molecule has 206 valence electrons. The van der Waals surface area contributed by atoms with Gasteiger partial charge in [0.2, 0.25) is 0 Å². The number of hydrogen-bond acceptors (Lipinski definition) is 6. The number of benzene rings is 2. The Morgan fingerprint density at radius 1 is 1.15 bits per heavy atom. The van der Waals surface area contributed by atoms with Gasteiger partial charge < -0.3 is 4.74 Å². The molecule has 0 unspecified atom stereocenters. The van der Waals surface area contributed by atoms with Crippen molar-refractivity contribution < 1.29 is 13.2 Å². The third kappa shape index (κ3) is 6.59. The van der Waals surface area contributed by atoms with E-state index in [0.717, 1.165) is 59.2 Å². The van der Waals surface area contributed by atoms with Crippen LogP contribution in [0.3, 0.4) is 0 Å². The van der Waals surface area contributed by atoms with Gasteiger partial charge in [-0.1, -0.05) is 48.5 Å². The van der Waals surface area contributed by atoms with E-state index < -0.39 is 10.2 Å². The summed E-state index contributed by atoms with van der Waals surface area (Å²) in [6, 6.07) is 22.1. The Balaban J connectivity index is 1.26. The van der Waals surface area contributed by atoms with Gasteiger partial charge in [-0.05, 0) is 48.9 Å². The number of rotatable bonds is 12. The molecule has 0 amide bonds. The summed E-state index contributed by atoms with van der Waals surface area (Å²) in [5, 5.41) is 9.83. The van der Waals surface area contributed by atoms with E-state index in [4.69, 9.17) is 4.74 Å². The summed E-state index contributed by atoms with van der Waals surface area (Å²) in [5.41, 5.74) is 4.90. The first-order chi connectivity index (χ1) is 18.9. The average molecular weight is 566 g/mol. The number of nitrogens with one attached hydrogen (secondary N) is 2. The zero-order chi connectivity index (χ0) is 27.2. The summed E-state index contributed by atoms with van der Waals surface area (Å²) in [6.07, 6.45) is 1.31. The molecule has 1 aliphatic rings. The van der Waals surface area contributed by atoms with Gasteiger partial charge in [-0.15, -0.1) is 11.3 Å². The fraction of sp³-hybridized carbons (Fsp3) is 0.345. The van der Waals surface area contributed by atoms with Crippen molar-refractivity contribution >= 4 is 21.5 Å². The van der Waals surface area contributed by atoms with Gasteiger partial charge in [0, 0.05) is 50.4 Å². The van der Waals surface area contributed by atoms with Gasteiger partial charge in [-0.25, -0.2) is 4.72 Å².